The topological polar surface area (TPSA) is 20.2 Å². The lowest BCUT2D eigenvalue weighted by atomic mass is 9.89. The van der Waals surface area contributed by atoms with Gasteiger partial charge in [0.1, 0.15) is 0 Å². The van der Waals surface area contributed by atoms with Crippen LogP contribution in [0, 0.1) is 0 Å². The van der Waals surface area contributed by atoms with Crippen molar-refractivity contribution in [1.82, 2.24) is 0 Å². The second-order valence-electron chi connectivity index (χ2n) is 4.49. The molecule has 0 spiro atoms. The maximum absolute atomic E-state index is 12.5. The highest BCUT2D eigenvalue weighted by Crippen LogP contribution is 2.33. The van der Waals surface area contributed by atoms with E-state index in [9.17, 15) is 18.3 Å². The summed E-state index contributed by atoms with van der Waals surface area (Å²) in [6.45, 7) is 6.86. The molecule has 0 saturated carbocycles. The van der Waals surface area contributed by atoms with Gasteiger partial charge in [0.15, 0.2) is 0 Å². The van der Waals surface area contributed by atoms with Crippen molar-refractivity contribution in [3.05, 3.63) is 47.5 Å². The molecule has 4 heteroatoms. The smallest absolute Gasteiger partial charge is 0.385 e. The lowest BCUT2D eigenvalue weighted by Gasteiger charge is -2.24. The summed E-state index contributed by atoms with van der Waals surface area (Å²) in [4.78, 5) is 0. The van der Waals surface area contributed by atoms with Crippen molar-refractivity contribution < 1.29 is 18.3 Å². The van der Waals surface area contributed by atoms with Crippen molar-refractivity contribution >= 4 is 0 Å². The van der Waals surface area contributed by atoms with Crippen LogP contribution >= 0.6 is 0 Å². The van der Waals surface area contributed by atoms with Gasteiger partial charge in [-0.15, -0.1) is 6.58 Å². The molecule has 0 radical (unpaired) electrons. The highest BCUT2D eigenvalue weighted by molar-refractivity contribution is 5.30. The molecule has 94 valence electrons. The summed E-state index contributed by atoms with van der Waals surface area (Å²) in [5, 5.41) is 10.1. The molecule has 0 amide bonds. The highest BCUT2D eigenvalue weighted by Gasteiger charge is 2.32. The summed E-state index contributed by atoms with van der Waals surface area (Å²) >= 11 is 0. The Kier molecular flexibility index (Phi) is 3.67. The van der Waals surface area contributed by atoms with E-state index in [-0.39, 0.29) is 12.0 Å². The quantitative estimate of drug-likeness (QED) is 0.800. The standard InChI is InChI=1S/C13H15F3O/c1-9(2)8-12(3,17)10-5-4-6-11(7-10)13(14,15)16/h4-7,17H,1,8H2,2-3H3/t12-/m0/s1. The van der Waals surface area contributed by atoms with Gasteiger partial charge in [-0.05, 0) is 31.5 Å². The van der Waals surface area contributed by atoms with Crippen molar-refractivity contribution in [2.45, 2.75) is 32.0 Å². The summed E-state index contributed by atoms with van der Waals surface area (Å²) in [7, 11) is 0. The molecule has 0 aromatic heterocycles. The first-order valence-electron chi connectivity index (χ1n) is 5.17. The molecule has 0 unspecified atom stereocenters. The molecular formula is C13H15F3O. The molecular weight excluding hydrogens is 229 g/mol. The third kappa shape index (κ3) is 3.60. The highest BCUT2D eigenvalue weighted by atomic mass is 19.4. The van der Waals surface area contributed by atoms with Gasteiger partial charge >= 0.3 is 6.18 Å². The maximum atomic E-state index is 12.5. The lowest BCUT2D eigenvalue weighted by molar-refractivity contribution is -0.137. The van der Waals surface area contributed by atoms with Gasteiger partial charge < -0.3 is 5.11 Å². The van der Waals surface area contributed by atoms with E-state index in [2.05, 4.69) is 6.58 Å². The Morgan fingerprint density at radius 2 is 1.82 bits per heavy atom. The van der Waals surface area contributed by atoms with Gasteiger partial charge in [-0.3, -0.25) is 0 Å². The first-order chi connectivity index (χ1) is 7.63. The van der Waals surface area contributed by atoms with Gasteiger partial charge in [0, 0.05) is 6.42 Å². The fourth-order valence-corrected chi connectivity index (χ4v) is 1.72. The molecule has 17 heavy (non-hydrogen) atoms. The molecule has 0 bridgehead atoms. The van der Waals surface area contributed by atoms with Crippen LogP contribution in [-0.2, 0) is 11.8 Å². The van der Waals surface area contributed by atoms with Crippen molar-refractivity contribution in [3.8, 4) is 0 Å². The lowest BCUT2D eigenvalue weighted by Crippen LogP contribution is -2.22. The molecule has 0 aliphatic heterocycles. The zero-order valence-corrected chi connectivity index (χ0v) is 9.80. The van der Waals surface area contributed by atoms with Gasteiger partial charge in [-0.2, -0.15) is 13.2 Å². The molecule has 0 aliphatic rings. The van der Waals surface area contributed by atoms with E-state index in [4.69, 9.17) is 0 Å². The number of alkyl halides is 3. The van der Waals surface area contributed by atoms with Gasteiger partial charge in [0.2, 0.25) is 0 Å². The molecule has 1 aromatic carbocycles. The van der Waals surface area contributed by atoms with Crippen molar-refractivity contribution in [3.63, 3.8) is 0 Å². The van der Waals surface area contributed by atoms with Gasteiger partial charge in [-0.1, -0.05) is 17.7 Å². The summed E-state index contributed by atoms with van der Waals surface area (Å²) in [6, 6.07) is 4.74. The number of benzene rings is 1. The Bertz CT molecular complexity index is 419. The minimum absolute atomic E-state index is 0.230. The molecule has 0 aliphatic carbocycles. The zero-order chi connectivity index (χ0) is 13.3. The monoisotopic (exact) mass is 244 g/mol. The van der Waals surface area contributed by atoms with Crippen LogP contribution in [0.15, 0.2) is 36.4 Å². The number of rotatable bonds is 3. The van der Waals surface area contributed by atoms with E-state index in [1.165, 1.54) is 19.1 Å². The average molecular weight is 244 g/mol. The number of halogens is 3. The van der Waals surface area contributed by atoms with Gasteiger partial charge in [0.05, 0.1) is 11.2 Å². The average Bonchev–Trinajstić information content (AvgIpc) is 2.14. The van der Waals surface area contributed by atoms with Crippen LogP contribution in [-0.4, -0.2) is 5.11 Å². The first kappa shape index (κ1) is 13.8. The Labute approximate surface area is 98.6 Å². The van der Waals surface area contributed by atoms with E-state index in [0.717, 1.165) is 12.1 Å². The number of hydrogen-bond donors (Lipinski definition) is 1. The van der Waals surface area contributed by atoms with Crippen LogP contribution in [0.3, 0.4) is 0 Å². The van der Waals surface area contributed by atoms with Crippen molar-refractivity contribution in [2.24, 2.45) is 0 Å². The normalized spacial score (nSPS) is 15.4. The largest absolute Gasteiger partial charge is 0.416 e. The van der Waals surface area contributed by atoms with Crippen LogP contribution in [0.4, 0.5) is 13.2 Å². The zero-order valence-electron chi connectivity index (χ0n) is 9.80. The molecule has 1 nitrogen and oxygen atoms in total. The molecule has 1 N–H and O–H groups in total. The van der Waals surface area contributed by atoms with Crippen molar-refractivity contribution in [2.75, 3.05) is 0 Å². The molecule has 1 rings (SSSR count). The van der Waals surface area contributed by atoms with Gasteiger partial charge in [-0.25, -0.2) is 0 Å². The Morgan fingerprint density at radius 1 is 1.29 bits per heavy atom. The number of hydrogen-bond acceptors (Lipinski definition) is 1. The fraction of sp³-hybridized carbons (Fsp3) is 0.385. The first-order valence-corrected chi connectivity index (χ1v) is 5.17. The van der Waals surface area contributed by atoms with Crippen LogP contribution in [0.5, 0.6) is 0 Å². The third-order valence-corrected chi connectivity index (χ3v) is 2.46. The second-order valence-corrected chi connectivity index (χ2v) is 4.49. The summed E-state index contributed by atoms with van der Waals surface area (Å²) in [5.41, 5.74) is -1.12. The van der Waals surface area contributed by atoms with E-state index in [1.54, 1.807) is 6.92 Å². The van der Waals surface area contributed by atoms with Gasteiger partial charge in [0.25, 0.3) is 0 Å². The summed E-state index contributed by atoms with van der Waals surface area (Å²) in [5.74, 6) is 0. The molecule has 0 fully saturated rings. The molecule has 1 atom stereocenters. The van der Waals surface area contributed by atoms with E-state index < -0.39 is 17.3 Å². The van der Waals surface area contributed by atoms with E-state index >= 15 is 0 Å². The Morgan fingerprint density at radius 3 is 2.29 bits per heavy atom. The molecule has 1 aromatic rings. The van der Waals surface area contributed by atoms with Crippen molar-refractivity contribution in [1.29, 1.82) is 0 Å². The SMILES string of the molecule is C=C(C)C[C@](C)(O)c1cccc(C(F)(F)F)c1. The van der Waals surface area contributed by atoms with E-state index in [1.807, 2.05) is 0 Å². The minimum atomic E-state index is -4.39. The van der Waals surface area contributed by atoms with Crippen LogP contribution in [0.2, 0.25) is 0 Å². The van der Waals surface area contributed by atoms with Crippen LogP contribution < -0.4 is 0 Å². The molecule has 0 saturated heterocycles. The van der Waals surface area contributed by atoms with Crippen LogP contribution in [0.1, 0.15) is 31.4 Å². The fourth-order valence-electron chi connectivity index (χ4n) is 1.72. The predicted octanol–water partition coefficient (Wildman–Crippen LogP) is 3.88. The second kappa shape index (κ2) is 4.53. The third-order valence-electron chi connectivity index (χ3n) is 2.46. The minimum Gasteiger partial charge on any atom is -0.385 e. The predicted molar refractivity (Wildman–Crippen MR) is 60.4 cm³/mol. The summed E-state index contributed by atoms with van der Waals surface area (Å²) < 4.78 is 37.6. The number of aliphatic hydroxyl groups is 1. The summed E-state index contributed by atoms with van der Waals surface area (Å²) in [6.07, 6.45) is -4.16. The van der Waals surface area contributed by atoms with E-state index in [0.29, 0.717) is 5.57 Å². The molecule has 0 heterocycles. The maximum Gasteiger partial charge on any atom is 0.416 e. The Hall–Kier alpha value is -1.29. The van der Waals surface area contributed by atoms with Crippen LogP contribution in [0.25, 0.3) is 0 Å². The Balaban J connectivity index is 3.11.